The Balaban J connectivity index is 2.13. The second-order valence-electron chi connectivity index (χ2n) is 7.64. The van der Waals surface area contributed by atoms with Crippen molar-refractivity contribution in [2.24, 2.45) is 5.92 Å². The minimum Gasteiger partial charge on any atom is -0.449 e. The van der Waals surface area contributed by atoms with Gasteiger partial charge in [0.15, 0.2) is 6.10 Å². The van der Waals surface area contributed by atoms with Crippen LogP contribution in [0.1, 0.15) is 53.5 Å². The van der Waals surface area contributed by atoms with Gasteiger partial charge in [0, 0.05) is 12.2 Å². The van der Waals surface area contributed by atoms with Gasteiger partial charge < -0.3 is 10.1 Å². The highest BCUT2D eigenvalue weighted by atomic mass is 35.5. The van der Waals surface area contributed by atoms with E-state index in [-0.39, 0.29) is 10.7 Å². The first-order valence-electron chi connectivity index (χ1n) is 9.33. The third-order valence-electron chi connectivity index (χ3n) is 4.39. The Morgan fingerprint density at radius 2 is 1.71 bits per heavy atom. The number of hydrogen-bond acceptors (Lipinski definition) is 4. The van der Waals surface area contributed by atoms with Gasteiger partial charge in [0.1, 0.15) is 10.7 Å². The van der Waals surface area contributed by atoms with Crippen LogP contribution in [0.15, 0.2) is 12.1 Å². The highest BCUT2D eigenvalue weighted by molar-refractivity contribution is 6.32. The molecule has 0 fully saturated rings. The van der Waals surface area contributed by atoms with Gasteiger partial charge in [0.25, 0.3) is 5.91 Å². The molecule has 28 heavy (non-hydrogen) atoms. The van der Waals surface area contributed by atoms with Gasteiger partial charge in [-0.2, -0.15) is 5.10 Å². The van der Waals surface area contributed by atoms with E-state index >= 15 is 0 Å². The number of rotatable bonds is 6. The Bertz CT molecular complexity index is 880. The van der Waals surface area contributed by atoms with Crippen molar-refractivity contribution in [3.8, 4) is 0 Å². The van der Waals surface area contributed by atoms with Gasteiger partial charge in [0.2, 0.25) is 0 Å². The molecule has 0 bridgehead atoms. The summed E-state index contributed by atoms with van der Waals surface area (Å²) in [5.74, 6) is -0.726. The van der Waals surface area contributed by atoms with Gasteiger partial charge in [-0.25, -0.2) is 4.79 Å². The lowest BCUT2D eigenvalue weighted by atomic mass is 10.0. The van der Waals surface area contributed by atoms with Crippen LogP contribution in [0.4, 0.5) is 5.69 Å². The summed E-state index contributed by atoms with van der Waals surface area (Å²) in [6, 6.07) is 3.98. The number of nitrogens with one attached hydrogen (secondary N) is 1. The molecule has 2 aromatic rings. The van der Waals surface area contributed by atoms with Crippen LogP contribution in [0.2, 0.25) is 5.15 Å². The summed E-state index contributed by atoms with van der Waals surface area (Å²) in [6.45, 7) is 13.8. The molecule has 0 aliphatic carbocycles. The zero-order valence-corrected chi connectivity index (χ0v) is 18.3. The van der Waals surface area contributed by atoms with E-state index in [2.05, 4.69) is 10.4 Å². The van der Waals surface area contributed by atoms with Crippen LogP contribution in [0, 0.1) is 33.6 Å². The number of benzene rings is 1. The average molecular weight is 406 g/mol. The monoisotopic (exact) mass is 405 g/mol. The Hall–Kier alpha value is -2.34. The van der Waals surface area contributed by atoms with Crippen LogP contribution >= 0.6 is 11.6 Å². The van der Waals surface area contributed by atoms with Gasteiger partial charge in [-0.1, -0.05) is 43.1 Å². The van der Waals surface area contributed by atoms with Crippen molar-refractivity contribution in [1.29, 1.82) is 0 Å². The molecule has 152 valence electrons. The fourth-order valence-electron chi connectivity index (χ4n) is 3.13. The Morgan fingerprint density at radius 3 is 2.25 bits per heavy atom. The maximum atomic E-state index is 12.6. The Morgan fingerprint density at radius 1 is 1.14 bits per heavy atom. The molecule has 1 aromatic heterocycles. The highest BCUT2D eigenvalue weighted by Gasteiger charge is 2.26. The molecule has 1 unspecified atom stereocenters. The van der Waals surface area contributed by atoms with E-state index in [9.17, 15) is 9.59 Å². The summed E-state index contributed by atoms with van der Waals surface area (Å²) >= 11 is 6.32. The first-order valence-corrected chi connectivity index (χ1v) is 9.71. The van der Waals surface area contributed by atoms with Crippen molar-refractivity contribution in [3.63, 3.8) is 0 Å². The van der Waals surface area contributed by atoms with Gasteiger partial charge in [-0.3, -0.25) is 9.48 Å². The summed E-state index contributed by atoms with van der Waals surface area (Å²) in [7, 11) is 0. The van der Waals surface area contributed by atoms with Crippen LogP contribution in [0.25, 0.3) is 0 Å². The average Bonchev–Trinajstić information content (AvgIpc) is 2.83. The smallest absolute Gasteiger partial charge is 0.343 e. The molecular weight excluding hydrogens is 378 g/mol. The third-order valence-corrected chi connectivity index (χ3v) is 4.77. The number of esters is 1. The van der Waals surface area contributed by atoms with Gasteiger partial charge in [-0.05, 0) is 51.7 Å². The van der Waals surface area contributed by atoms with Gasteiger partial charge in [-0.15, -0.1) is 0 Å². The molecule has 0 saturated carbocycles. The van der Waals surface area contributed by atoms with Crippen molar-refractivity contribution in [1.82, 2.24) is 9.78 Å². The van der Waals surface area contributed by atoms with Crippen molar-refractivity contribution < 1.29 is 14.3 Å². The minimum atomic E-state index is -0.975. The number of hydrogen-bond donors (Lipinski definition) is 1. The second kappa shape index (κ2) is 8.78. The predicted molar refractivity (Wildman–Crippen MR) is 111 cm³/mol. The van der Waals surface area contributed by atoms with Crippen LogP contribution in [0.3, 0.4) is 0 Å². The SMILES string of the molecule is Cc1cc(C)c(NC(=O)C(C)OC(=O)c2c(C)nn(CC(C)C)c2Cl)c(C)c1. The molecule has 0 saturated heterocycles. The molecule has 1 heterocycles. The molecule has 0 spiro atoms. The maximum absolute atomic E-state index is 12.6. The zero-order valence-electron chi connectivity index (χ0n) is 17.5. The van der Waals surface area contributed by atoms with E-state index < -0.39 is 18.0 Å². The van der Waals surface area contributed by atoms with Crippen LogP contribution < -0.4 is 5.32 Å². The molecule has 0 radical (unpaired) electrons. The molecular formula is C21H28ClN3O3. The van der Waals surface area contributed by atoms with E-state index in [1.165, 1.54) is 6.92 Å². The molecule has 1 amide bonds. The number of aromatic nitrogens is 2. The lowest BCUT2D eigenvalue weighted by molar-refractivity contribution is -0.123. The van der Waals surface area contributed by atoms with Crippen LogP contribution in [0.5, 0.6) is 0 Å². The number of ether oxygens (including phenoxy) is 1. The predicted octanol–water partition coefficient (Wildman–Crippen LogP) is 4.61. The molecule has 1 aromatic carbocycles. The molecule has 0 aliphatic heterocycles. The topological polar surface area (TPSA) is 73.2 Å². The number of carbonyl (C=O) groups is 2. The quantitative estimate of drug-likeness (QED) is 0.712. The van der Waals surface area contributed by atoms with Crippen molar-refractivity contribution in [3.05, 3.63) is 45.2 Å². The minimum absolute atomic E-state index is 0.199. The largest absolute Gasteiger partial charge is 0.449 e. The Labute approximate surface area is 171 Å². The fraction of sp³-hybridized carbons (Fsp3) is 0.476. The summed E-state index contributed by atoms with van der Waals surface area (Å²) in [6.07, 6.45) is -0.975. The first-order chi connectivity index (χ1) is 13.0. The standard InChI is InChI=1S/C21H28ClN3O3/c1-11(2)10-25-19(22)17(15(6)24-25)21(27)28-16(7)20(26)23-18-13(4)8-12(3)9-14(18)5/h8-9,11,16H,10H2,1-7H3,(H,23,26). The van der Waals surface area contributed by atoms with Crippen molar-refractivity contribution in [2.75, 3.05) is 5.32 Å². The number of carbonyl (C=O) groups excluding carboxylic acids is 2. The molecule has 2 rings (SSSR count). The summed E-state index contributed by atoms with van der Waals surface area (Å²) in [4.78, 5) is 25.1. The van der Waals surface area contributed by atoms with E-state index in [1.807, 2.05) is 46.8 Å². The first kappa shape index (κ1) is 22.0. The highest BCUT2D eigenvalue weighted by Crippen LogP contribution is 2.24. The van der Waals surface area contributed by atoms with Gasteiger partial charge >= 0.3 is 5.97 Å². The third kappa shape index (κ3) is 4.93. The van der Waals surface area contributed by atoms with Crippen LogP contribution in [-0.2, 0) is 16.1 Å². The lowest BCUT2D eigenvalue weighted by Crippen LogP contribution is -2.30. The summed E-state index contributed by atoms with van der Waals surface area (Å²) in [5, 5.41) is 7.39. The Kier molecular flexibility index (Phi) is 6.88. The molecule has 7 heteroatoms. The van der Waals surface area contributed by atoms with Crippen molar-refractivity contribution in [2.45, 2.75) is 61.1 Å². The molecule has 0 aliphatic rings. The normalized spacial score (nSPS) is 12.2. The molecule has 1 N–H and O–H groups in total. The van der Waals surface area contributed by atoms with E-state index in [0.717, 1.165) is 22.4 Å². The van der Waals surface area contributed by atoms with Crippen molar-refractivity contribution >= 4 is 29.2 Å². The second-order valence-corrected chi connectivity index (χ2v) is 8.00. The maximum Gasteiger partial charge on any atom is 0.343 e. The molecule has 6 nitrogen and oxygen atoms in total. The van der Waals surface area contributed by atoms with Gasteiger partial charge in [0.05, 0.1) is 5.69 Å². The zero-order chi connectivity index (χ0) is 21.2. The van der Waals surface area contributed by atoms with E-state index in [1.54, 1.807) is 11.6 Å². The number of amides is 1. The number of anilines is 1. The molecule has 1 atom stereocenters. The fourth-order valence-corrected chi connectivity index (χ4v) is 3.45. The number of nitrogens with zero attached hydrogens (tertiary/aromatic N) is 2. The number of aryl methyl sites for hydroxylation is 4. The van der Waals surface area contributed by atoms with Crippen LogP contribution in [-0.4, -0.2) is 27.8 Å². The summed E-state index contributed by atoms with van der Waals surface area (Å²) < 4.78 is 6.95. The van der Waals surface area contributed by atoms with E-state index in [4.69, 9.17) is 16.3 Å². The number of halogens is 1. The van der Waals surface area contributed by atoms with E-state index in [0.29, 0.717) is 18.2 Å². The summed E-state index contributed by atoms with van der Waals surface area (Å²) in [5.41, 5.74) is 4.45. The lowest BCUT2D eigenvalue weighted by Gasteiger charge is -2.17.